The molecule has 0 aliphatic heterocycles. The van der Waals surface area contributed by atoms with Crippen molar-refractivity contribution in [1.29, 1.82) is 0 Å². The minimum absolute atomic E-state index is 0.120. The molecule has 27 heavy (non-hydrogen) atoms. The summed E-state index contributed by atoms with van der Waals surface area (Å²) < 4.78 is 31.6. The number of benzene rings is 1. The van der Waals surface area contributed by atoms with Gasteiger partial charge in [0.25, 0.3) is 5.91 Å². The number of nitrogens with one attached hydrogen (secondary N) is 3. The summed E-state index contributed by atoms with van der Waals surface area (Å²) in [6.45, 7) is 5.94. The predicted molar refractivity (Wildman–Crippen MR) is 98.6 cm³/mol. The normalized spacial score (nSPS) is 13.6. The molecule has 0 saturated carbocycles. The molecule has 0 aliphatic rings. The Morgan fingerprint density at radius 3 is 2.30 bits per heavy atom. The minimum Gasteiger partial charge on any atom is -0.451 e. The summed E-state index contributed by atoms with van der Waals surface area (Å²) in [6, 6.07) is 3.32. The van der Waals surface area contributed by atoms with Crippen molar-refractivity contribution in [3.05, 3.63) is 29.3 Å². The number of esters is 1. The van der Waals surface area contributed by atoms with E-state index in [1.54, 1.807) is 13.8 Å². The molecule has 0 radical (unpaired) electrons. The van der Waals surface area contributed by atoms with E-state index in [-0.39, 0.29) is 16.0 Å². The van der Waals surface area contributed by atoms with Gasteiger partial charge in [0, 0.05) is 11.1 Å². The number of urea groups is 1. The van der Waals surface area contributed by atoms with Gasteiger partial charge in [-0.3, -0.25) is 14.9 Å². The number of sulfonamides is 1. The molecule has 9 nitrogen and oxygen atoms in total. The summed E-state index contributed by atoms with van der Waals surface area (Å²) in [5, 5.41) is 4.68. The van der Waals surface area contributed by atoms with Crippen LogP contribution in [0.25, 0.3) is 0 Å². The molecule has 0 fully saturated rings. The Labute approximate surface area is 162 Å². The van der Waals surface area contributed by atoms with Gasteiger partial charge in [0.1, 0.15) is 6.04 Å². The van der Waals surface area contributed by atoms with E-state index in [9.17, 15) is 22.8 Å². The van der Waals surface area contributed by atoms with Crippen molar-refractivity contribution < 1.29 is 27.5 Å². The second kappa shape index (κ2) is 9.67. The average molecular weight is 420 g/mol. The topological polar surface area (TPSA) is 131 Å². The largest absolute Gasteiger partial charge is 0.451 e. The van der Waals surface area contributed by atoms with E-state index in [1.165, 1.54) is 38.1 Å². The lowest BCUT2D eigenvalue weighted by atomic mass is 10.3. The third-order valence-corrected chi connectivity index (χ3v) is 4.88. The highest BCUT2D eigenvalue weighted by molar-refractivity contribution is 7.89. The first-order valence-corrected chi connectivity index (χ1v) is 9.88. The van der Waals surface area contributed by atoms with Crippen LogP contribution in [0.15, 0.2) is 29.2 Å². The first-order valence-electron chi connectivity index (χ1n) is 8.02. The monoisotopic (exact) mass is 419 g/mol. The average Bonchev–Trinajstić information content (AvgIpc) is 2.53. The van der Waals surface area contributed by atoms with Gasteiger partial charge in [0.2, 0.25) is 10.0 Å². The fourth-order valence-electron chi connectivity index (χ4n) is 1.82. The summed E-state index contributed by atoms with van der Waals surface area (Å²) in [6.07, 6.45) is -1.30. The molecule has 1 aromatic rings. The van der Waals surface area contributed by atoms with Crippen molar-refractivity contribution >= 4 is 39.5 Å². The van der Waals surface area contributed by atoms with E-state index < -0.39 is 40.1 Å². The van der Waals surface area contributed by atoms with Crippen LogP contribution < -0.4 is 15.4 Å². The van der Waals surface area contributed by atoms with E-state index in [2.05, 4.69) is 10.0 Å². The van der Waals surface area contributed by atoms with Gasteiger partial charge in [-0.2, -0.15) is 4.72 Å². The van der Waals surface area contributed by atoms with Crippen LogP contribution in [0.4, 0.5) is 4.79 Å². The number of rotatable bonds is 7. The van der Waals surface area contributed by atoms with E-state index in [0.717, 1.165) is 0 Å². The first-order chi connectivity index (χ1) is 12.4. The highest BCUT2D eigenvalue weighted by atomic mass is 35.5. The van der Waals surface area contributed by atoms with Gasteiger partial charge in [0.05, 0.1) is 4.90 Å². The van der Waals surface area contributed by atoms with E-state index in [4.69, 9.17) is 16.3 Å². The van der Waals surface area contributed by atoms with Gasteiger partial charge in [0.15, 0.2) is 6.10 Å². The van der Waals surface area contributed by atoms with Crippen LogP contribution in [-0.2, 0) is 24.3 Å². The maximum atomic E-state index is 12.3. The Kier molecular flexibility index (Phi) is 8.20. The van der Waals surface area contributed by atoms with Gasteiger partial charge in [-0.05, 0) is 45.9 Å². The second-order valence-electron chi connectivity index (χ2n) is 6.00. The molecule has 0 aromatic heterocycles. The van der Waals surface area contributed by atoms with Crippen LogP contribution in [0.3, 0.4) is 0 Å². The number of halogens is 1. The molecular formula is C16H22ClN3O6S. The summed E-state index contributed by atoms with van der Waals surface area (Å²) >= 11 is 5.77. The SMILES string of the molecule is CC(C)NC(=O)NC(=O)[C@H](C)OC(=O)[C@H](C)NS(=O)(=O)c1cccc(Cl)c1. The summed E-state index contributed by atoms with van der Waals surface area (Å²) in [5.74, 6) is -1.82. The predicted octanol–water partition coefficient (Wildman–Crippen LogP) is 1.17. The van der Waals surface area contributed by atoms with Crippen LogP contribution in [0.2, 0.25) is 5.02 Å². The molecule has 3 N–H and O–H groups in total. The fourth-order valence-corrected chi connectivity index (χ4v) is 3.32. The number of ether oxygens (including phenoxy) is 1. The molecule has 0 bridgehead atoms. The minimum atomic E-state index is -4.02. The number of carbonyl (C=O) groups excluding carboxylic acids is 3. The fraction of sp³-hybridized carbons (Fsp3) is 0.438. The van der Waals surface area contributed by atoms with E-state index in [1.807, 2.05) is 5.32 Å². The Bertz CT molecular complexity index is 812. The molecule has 0 unspecified atom stereocenters. The van der Waals surface area contributed by atoms with Crippen molar-refractivity contribution in [3.8, 4) is 0 Å². The van der Waals surface area contributed by atoms with Crippen molar-refractivity contribution in [1.82, 2.24) is 15.4 Å². The van der Waals surface area contributed by atoms with Crippen molar-refractivity contribution in [2.45, 2.75) is 50.8 Å². The Morgan fingerprint density at radius 2 is 1.74 bits per heavy atom. The summed E-state index contributed by atoms with van der Waals surface area (Å²) in [5.41, 5.74) is 0. The van der Waals surface area contributed by atoms with E-state index in [0.29, 0.717) is 0 Å². The molecule has 0 heterocycles. The van der Waals surface area contributed by atoms with Gasteiger partial charge >= 0.3 is 12.0 Å². The first kappa shape index (κ1) is 22.9. The molecule has 150 valence electrons. The number of amides is 3. The van der Waals surface area contributed by atoms with Crippen molar-refractivity contribution in [3.63, 3.8) is 0 Å². The van der Waals surface area contributed by atoms with E-state index >= 15 is 0 Å². The molecule has 0 aliphatic carbocycles. The maximum Gasteiger partial charge on any atom is 0.324 e. The molecule has 11 heteroatoms. The number of carbonyl (C=O) groups is 3. The smallest absolute Gasteiger partial charge is 0.324 e. The molecule has 0 saturated heterocycles. The van der Waals surface area contributed by atoms with Crippen molar-refractivity contribution in [2.75, 3.05) is 0 Å². The lowest BCUT2D eigenvalue weighted by molar-refractivity contribution is -0.155. The molecule has 1 rings (SSSR count). The van der Waals surface area contributed by atoms with Crippen LogP contribution in [0.1, 0.15) is 27.7 Å². The highest BCUT2D eigenvalue weighted by Crippen LogP contribution is 2.15. The van der Waals surface area contributed by atoms with Gasteiger partial charge in [-0.1, -0.05) is 17.7 Å². The number of imide groups is 1. The van der Waals surface area contributed by atoms with Crippen LogP contribution in [-0.4, -0.2) is 44.5 Å². The third-order valence-electron chi connectivity index (χ3n) is 3.11. The quantitative estimate of drug-likeness (QED) is 0.568. The summed E-state index contributed by atoms with van der Waals surface area (Å²) in [4.78, 5) is 35.2. The number of hydrogen-bond donors (Lipinski definition) is 3. The molecule has 3 amide bonds. The van der Waals surface area contributed by atoms with Crippen molar-refractivity contribution in [2.24, 2.45) is 0 Å². The second-order valence-corrected chi connectivity index (χ2v) is 8.15. The zero-order valence-corrected chi connectivity index (χ0v) is 16.8. The standard InChI is InChI=1S/C16H22ClN3O6S/c1-9(2)18-16(23)19-14(21)11(4)26-15(22)10(3)20-27(24,25)13-7-5-6-12(17)8-13/h5-11,20H,1-4H3,(H2,18,19,21,23)/t10-,11-/m0/s1. The lowest BCUT2D eigenvalue weighted by Gasteiger charge is -2.18. The van der Waals surface area contributed by atoms with Gasteiger partial charge < -0.3 is 10.1 Å². The van der Waals surface area contributed by atoms with Gasteiger partial charge in [-0.25, -0.2) is 13.2 Å². The van der Waals surface area contributed by atoms with Crippen LogP contribution in [0, 0.1) is 0 Å². The zero-order chi connectivity index (χ0) is 20.8. The molecule has 2 atom stereocenters. The molecular weight excluding hydrogens is 398 g/mol. The third kappa shape index (κ3) is 7.53. The zero-order valence-electron chi connectivity index (χ0n) is 15.3. The highest BCUT2D eigenvalue weighted by Gasteiger charge is 2.27. The Balaban J connectivity index is 2.65. The molecule has 0 spiro atoms. The summed E-state index contributed by atoms with van der Waals surface area (Å²) in [7, 11) is -4.02. The van der Waals surface area contributed by atoms with Crippen LogP contribution >= 0.6 is 11.6 Å². The number of hydrogen-bond acceptors (Lipinski definition) is 6. The van der Waals surface area contributed by atoms with Crippen LogP contribution in [0.5, 0.6) is 0 Å². The maximum absolute atomic E-state index is 12.3. The van der Waals surface area contributed by atoms with Gasteiger partial charge in [-0.15, -0.1) is 0 Å². The Hall–Kier alpha value is -2.17. The molecule has 1 aromatic carbocycles. The Morgan fingerprint density at radius 1 is 1.11 bits per heavy atom. The lowest BCUT2D eigenvalue weighted by Crippen LogP contribution is -2.48.